The number of hydrogen-bond acceptors (Lipinski definition) is 6. The molecule has 172 valence electrons. The second-order valence-corrected chi connectivity index (χ2v) is 9.15. The van der Waals surface area contributed by atoms with Gasteiger partial charge >= 0.3 is 5.91 Å². The van der Waals surface area contributed by atoms with Crippen LogP contribution in [0.1, 0.15) is 42.6 Å². The van der Waals surface area contributed by atoms with E-state index in [1.54, 1.807) is 25.3 Å². The second-order valence-electron chi connectivity index (χ2n) is 9.15. The molecule has 0 radical (unpaired) electrons. The summed E-state index contributed by atoms with van der Waals surface area (Å²) in [5.41, 5.74) is 2.86. The fraction of sp³-hybridized carbons (Fsp3) is 0.385. The van der Waals surface area contributed by atoms with Gasteiger partial charge in [-0.1, -0.05) is 17.2 Å². The van der Waals surface area contributed by atoms with Crippen molar-refractivity contribution in [3.05, 3.63) is 59.2 Å². The molecule has 0 aliphatic carbocycles. The lowest BCUT2D eigenvalue weighted by atomic mass is 9.80. The van der Waals surface area contributed by atoms with Crippen molar-refractivity contribution in [2.24, 2.45) is 5.10 Å². The molecule has 2 aromatic rings. The molecule has 7 heteroatoms. The average Bonchev–Trinajstić information content (AvgIpc) is 3.19. The van der Waals surface area contributed by atoms with Crippen LogP contribution in [0.5, 0.6) is 17.2 Å². The zero-order valence-corrected chi connectivity index (χ0v) is 19.6. The minimum absolute atomic E-state index is 0.000749. The third kappa shape index (κ3) is 3.43. The molecule has 1 saturated heterocycles. The number of nitrogens with one attached hydrogen (secondary N) is 1. The van der Waals surface area contributed by atoms with E-state index in [1.807, 2.05) is 51.4 Å². The number of benzene rings is 2. The van der Waals surface area contributed by atoms with E-state index in [0.29, 0.717) is 17.1 Å². The number of methoxy groups -OCH3 is 1. The molecule has 7 nitrogen and oxygen atoms in total. The van der Waals surface area contributed by atoms with E-state index in [2.05, 4.69) is 5.32 Å². The maximum Gasteiger partial charge on any atom is 0.377 e. The summed E-state index contributed by atoms with van der Waals surface area (Å²) in [6, 6.07) is 13.3. The fourth-order valence-electron chi connectivity index (χ4n) is 5.02. The highest BCUT2D eigenvalue weighted by molar-refractivity contribution is 6.02. The number of carbonyl (C=O) groups is 1. The van der Waals surface area contributed by atoms with E-state index in [4.69, 9.17) is 19.3 Å². The number of hydrogen-bond donors (Lipinski definition) is 1. The van der Waals surface area contributed by atoms with Gasteiger partial charge in [0.2, 0.25) is 0 Å². The molecule has 5 rings (SSSR count). The number of para-hydroxylation sites is 1. The summed E-state index contributed by atoms with van der Waals surface area (Å²) in [5, 5.41) is 8.20. The molecule has 1 spiro atoms. The molecule has 1 unspecified atom stereocenters. The molecule has 2 aromatic carbocycles. The second kappa shape index (κ2) is 8.01. The van der Waals surface area contributed by atoms with Crippen LogP contribution >= 0.6 is 0 Å². The maximum atomic E-state index is 14.0. The lowest BCUT2D eigenvalue weighted by Gasteiger charge is -2.42. The Labute approximate surface area is 194 Å². The molecular weight excluding hydrogens is 418 g/mol. The van der Waals surface area contributed by atoms with E-state index in [1.165, 1.54) is 0 Å². The van der Waals surface area contributed by atoms with E-state index in [0.717, 1.165) is 48.5 Å². The molecule has 3 aliphatic heterocycles. The van der Waals surface area contributed by atoms with E-state index >= 15 is 0 Å². The first-order valence-corrected chi connectivity index (χ1v) is 11.4. The summed E-state index contributed by atoms with van der Waals surface area (Å²) in [6.07, 6.45) is 3.51. The van der Waals surface area contributed by atoms with Crippen molar-refractivity contribution in [1.82, 2.24) is 5.32 Å². The number of ether oxygens (including phenoxy) is 3. The molecule has 3 heterocycles. The molecule has 1 amide bonds. The van der Waals surface area contributed by atoms with Gasteiger partial charge in [-0.25, -0.2) is 4.79 Å². The third-order valence-corrected chi connectivity index (χ3v) is 6.63. The zero-order chi connectivity index (χ0) is 23.2. The molecule has 1 N–H and O–H groups in total. The molecule has 0 bridgehead atoms. The summed E-state index contributed by atoms with van der Waals surface area (Å²) >= 11 is 0. The molecule has 0 saturated carbocycles. The quantitative estimate of drug-likeness (QED) is 0.717. The number of nitrogens with zero attached hydrogens (tertiary/aromatic N) is 2. The fourth-order valence-corrected chi connectivity index (χ4v) is 5.02. The Morgan fingerprint density at radius 2 is 1.91 bits per heavy atom. The summed E-state index contributed by atoms with van der Waals surface area (Å²) < 4.78 is 17.7. The molecule has 0 aromatic heterocycles. The highest BCUT2D eigenvalue weighted by Crippen LogP contribution is 2.50. The van der Waals surface area contributed by atoms with E-state index in [-0.39, 0.29) is 16.6 Å². The van der Waals surface area contributed by atoms with Crippen LogP contribution in [0, 0.1) is 0 Å². The number of rotatable bonds is 4. The number of quaternary nitrogens is 1. The first-order valence-electron chi connectivity index (χ1n) is 11.4. The lowest BCUT2D eigenvalue weighted by Crippen LogP contribution is -2.51. The van der Waals surface area contributed by atoms with Crippen molar-refractivity contribution in [2.45, 2.75) is 38.4 Å². The summed E-state index contributed by atoms with van der Waals surface area (Å²) in [4.78, 5) is 14.0. The van der Waals surface area contributed by atoms with Gasteiger partial charge in [0, 0.05) is 18.9 Å². The Kier molecular flexibility index (Phi) is 5.26. The predicted molar refractivity (Wildman–Crippen MR) is 127 cm³/mol. The van der Waals surface area contributed by atoms with Crippen molar-refractivity contribution in [1.29, 1.82) is 0 Å². The van der Waals surface area contributed by atoms with Crippen LogP contribution < -0.4 is 19.5 Å². The number of amides is 1. The van der Waals surface area contributed by atoms with Crippen LogP contribution in [-0.4, -0.2) is 55.7 Å². The van der Waals surface area contributed by atoms with Crippen LogP contribution in [0.4, 0.5) is 0 Å². The summed E-state index contributed by atoms with van der Waals surface area (Å²) in [7, 11) is 3.43. The Hall–Kier alpha value is -3.16. The number of piperidine rings is 1. The first-order chi connectivity index (χ1) is 15.9. The highest BCUT2D eigenvalue weighted by Gasteiger charge is 2.55. The van der Waals surface area contributed by atoms with Crippen molar-refractivity contribution in [3.63, 3.8) is 0 Å². The predicted octanol–water partition coefficient (Wildman–Crippen LogP) is 3.99. The van der Waals surface area contributed by atoms with Crippen LogP contribution in [0.25, 0.3) is 5.70 Å². The van der Waals surface area contributed by atoms with Gasteiger partial charge in [-0.05, 0) is 51.2 Å². The van der Waals surface area contributed by atoms with Crippen molar-refractivity contribution < 1.29 is 23.6 Å². The minimum atomic E-state index is -0.471. The summed E-state index contributed by atoms with van der Waals surface area (Å²) in [5.74, 6) is 1.81. The Balaban J connectivity index is 1.60. The number of carbonyl (C=O) groups excluding carboxylic acids is 1. The highest BCUT2D eigenvalue weighted by atomic mass is 16.5. The SMILES string of the molecule is COc1cc(C(=O)[N+]2(C)N=CC3=C2c2ccccc2OC32CCNCC2)ccc1OC(C)C. The minimum Gasteiger partial charge on any atom is -0.493 e. The molecule has 33 heavy (non-hydrogen) atoms. The van der Waals surface area contributed by atoms with Crippen molar-refractivity contribution in [2.75, 3.05) is 27.2 Å². The van der Waals surface area contributed by atoms with Crippen LogP contribution in [0.15, 0.2) is 53.1 Å². The van der Waals surface area contributed by atoms with Gasteiger partial charge in [-0.2, -0.15) is 0 Å². The lowest BCUT2D eigenvalue weighted by molar-refractivity contribution is -0.758. The average molecular weight is 449 g/mol. The molecule has 1 atom stereocenters. The Morgan fingerprint density at radius 3 is 2.64 bits per heavy atom. The van der Waals surface area contributed by atoms with Crippen molar-refractivity contribution >= 4 is 17.8 Å². The summed E-state index contributed by atoms with van der Waals surface area (Å²) in [6.45, 7) is 5.63. The zero-order valence-electron chi connectivity index (χ0n) is 19.6. The van der Waals surface area contributed by atoms with E-state index < -0.39 is 5.60 Å². The topological polar surface area (TPSA) is 69.2 Å². The van der Waals surface area contributed by atoms with Crippen LogP contribution in [0.3, 0.4) is 0 Å². The van der Waals surface area contributed by atoms with Crippen LogP contribution in [0.2, 0.25) is 0 Å². The monoisotopic (exact) mass is 448 g/mol. The molecule has 1 fully saturated rings. The first kappa shape index (κ1) is 21.7. The number of fused-ring (bicyclic) bond motifs is 3. The van der Waals surface area contributed by atoms with Gasteiger partial charge in [0.15, 0.2) is 17.2 Å². The van der Waals surface area contributed by atoms with Gasteiger partial charge in [-0.3, -0.25) is 0 Å². The Bertz CT molecular complexity index is 1160. The van der Waals surface area contributed by atoms with Crippen molar-refractivity contribution in [3.8, 4) is 17.2 Å². The third-order valence-electron chi connectivity index (χ3n) is 6.63. The standard InChI is InChI=1S/C26H30N3O4/c1-17(2)32-22-10-9-18(15-23(22)31-4)25(30)29(3)24-19-7-5-6-8-21(19)33-26(20(24)16-28-29)11-13-27-14-12-26/h5-10,15-17,27H,11-14H2,1-4H3/q+1. The smallest absolute Gasteiger partial charge is 0.377 e. The van der Waals surface area contributed by atoms with Gasteiger partial charge < -0.3 is 19.5 Å². The largest absolute Gasteiger partial charge is 0.493 e. The van der Waals surface area contributed by atoms with Gasteiger partial charge in [0.1, 0.15) is 18.4 Å². The van der Waals surface area contributed by atoms with E-state index in [9.17, 15) is 4.79 Å². The molecule has 3 aliphatic rings. The van der Waals surface area contributed by atoms with Gasteiger partial charge in [0.05, 0.1) is 36.1 Å². The molecular formula is C26H30N3O4+. The van der Waals surface area contributed by atoms with Gasteiger partial charge in [0.25, 0.3) is 0 Å². The van der Waals surface area contributed by atoms with Gasteiger partial charge in [-0.15, -0.1) is 4.59 Å². The maximum absolute atomic E-state index is 14.0. The van der Waals surface area contributed by atoms with Crippen LogP contribution in [-0.2, 0) is 0 Å². The normalized spacial score (nSPS) is 22.7. The Morgan fingerprint density at radius 1 is 1.15 bits per heavy atom.